The molecule has 1 aliphatic heterocycles. The van der Waals surface area contributed by atoms with E-state index in [4.69, 9.17) is 0 Å². The Labute approximate surface area is 154 Å². The second kappa shape index (κ2) is 6.07. The predicted molar refractivity (Wildman–Crippen MR) is 91.2 cm³/mol. The van der Waals surface area contributed by atoms with Crippen LogP contribution in [0.25, 0.3) is 5.57 Å². The van der Waals surface area contributed by atoms with E-state index in [0.29, 0.717) is 28.8 Å². The van der Waals surface area contributed by atoms with Gasteiger partial charge in [0.1, 0.15) is 11.9 Å². The molecule has 2 aliphatic carbocycles. The number of nitrogens with one attached hydrogen (secondary N) is 1. The quantitative estimate of drug-likeness (QED) is 0.874. The first-order chi connectivity index (χ1) is 12.7. The second-order valence-corrected chi connectivity index (χ2v) is 7.82. The Balaban J connectivity index is 1.61. The molecule has 0 radical (unpaired) electrons. The smallest absolute Gasteiger partial charge is 0.255 e. The van der Waals surface area contributed by atoms with Crippen LogP contribution in [-0.2, 0) is 22.6 Å². The minimum absolute atomic E-state index is 0.0377. The van der Waals surface area contributed by atoms with Crippen molar-refractivity contribution in [1.82, 2.24) is 15.2 Å². The Morgan fingerprint density at radius 3 is 2.70 bits per heavy atom. The summed E-state index contributed by atoms with van der Waals surface area (Å²) in [4.78, 5) is 31.2. The number of nitrogens with zero attached hydrogens (tertiary/aromatic N) is 2. The fraction of sp³-hybridized carbons (Fsp3) is 0.526. The van der Waals surface area contributed by atoms with Crippen molar-refractivity contribution in [3.63, 3.8) is 0 Å². The molecule has 0 spiro atoms. The summed E-state index contributed by atoms with van der Waals surface area (Å²) in [5.74, 6) is -4.34. The lowest BCUT2D eigenvalue weighted by molar-refractivity contribution is -0.143. The molecule has 0 aromatic carbocycles. The van der Waals surface area contributed by atoms with Crippen LogP contribution in [-0.4, -0.2) is 39.7 Å². The van der Waals surface area contributed by atoms with Crippen molar-refractivity contribution in [3.8, 4) is 0 Å². The lowest BCUT2D eigenvalue weighted by Gasteiger charge is -2.40. The SMILES string of the molecule is CC(C)[C@H](C(=O)NC1CC(F)(F)C1)N1Cc2c(F)cnc3c2C(=CC3)C1=O. The zero-order chi connectivity index (χ0) is 19.5. The average Bonchev–Trinajstić information content (AvgIpc) is 2.97. The summed E-state index contributed by atoms with van der Waals surface area (Å²) >= 11 is 0. The van der Waals surface area contributed by atoms with E-state index in [-0.39, 0.29) is 18.4 Å². The molecule has 144 valence electrons. The van der Waals surface area contributed by atoms with Gasteiger partial charge in [-0.15, -0.1) is 0 Å². The second-order valence-electron chi connectivity index (χ2n) is 7.82. The normalized spacial score (nSPS) is 21.6. The molecule has 1 aromatic rings. The Hall–Kier alpha value is -2.38. The standard InChI is InChI=1S/C19H20F3N3O2/c1-9(2)16(17(26)24-10-5-19(21,22)6-10)25-8-12-13(20)7-23-14-4-3-11(15(12)14)18(25)27/h3,7,9-10,16H,4-6,8H2,1-2H3,(H,24,26)/t16-/m1/s1. The molecule has 2 amide bonds. The highest BCUT2D eigenvalue weighted by Gasteiger charge is 2.48. The molecule has 2 heterocycles. The molecule has 5 nitrogen and oxygen atoms in total. The number of allylic oxidation sites excluding steroid dienone is 1. The van der Waals surface area contributed by atoms with Gasteiger partial charge in [-0.05, 0) is 5.92 Å². The van der Waals surface area contributed by atoms with Gasteiger partial charge in [0.05, 0.1) is 18.4 Å². The monoisotopic (exact) mass is 379 g/mol. The van der Waals surface area contributed by atoms with Gasteiger partial charge in [0.2, 0.25) is 5.91 Å². The van der Waals surface area contributed by atoms with Crippen LogP contribution in [0.4, 0.5) is 13.2 Å². The van der Waals surface area contributed by atoms with Crippen molar-refractivity contribution >= 4 is 17.4 Å². The van der Waals surface area contributed by atoms with Crippen molar-refractivity contribution in [2.75, 3.05) is 0 Å². The molecule has 8 heteroatoms. The van der Waals surface area contributed by atoms with Crippen LogP contribution < -0.4 is 5.32 Å². The highest BCUT2D eigenvalue weighted by Crippen LogP contribution is 2.39. The highest BCUT2D eigenvalue weighted by atomic mass is 19.3. The first kappa shape index (κ1) is 18.0. The van der Waals surface area contributed by atoms with E-state index in [2.05, 4.69) is 10.3 Å². The number of hydrogen-bond donors (Lipinski definition) is 1. The van der Waals surface area contributed by atoms with Gasteiger partial charge in [0, 0.05) is 42.0 Å². The third-order valence-corrected chi connectivity index (χ3v) is 5.47. The molecule has 1 aromatic heterocycles. The maximum Gasteiger partial charge on any atom is 0.255 e. The summed E-state index contributed by atoms with van der Waals surface area (Å²) in [6, 6.07) is -1.46. The van der Waals surface area contributed by atoms with E-state index in [1.165, 1.54) is 4.90 Å². The summed E-state index contributed by atoms with van der Waals surface area (Å²) in [6.45, 7) is 3.52. The van der Waals surface area contributed by atoms with Crippen LogP contribution in [0.3, 0.4) is 0 Å². The van der Waals surface area contributed by atoms with E-state index in [1.54, 1.807) is 19.9 Å². The number of hydrogen-bond acceptors (Lipinski definition) is 3. The molecule has 0 bridgehead atoms. The Morgan fingerprint density at radius 1 is 1.37 bits per heavy atom. The third kappa shape index (κ3) is 2.91. The van der Waals surface area contributed by atoms with Crippen LogP contribution in [0.1, 0.15) is 43.5 Å². The maximum atomic E-state index is 14.4. The van der Waals surface area contributed by atoms with Crippen LogP contribution in [0.5, 0.6) is 0 Å². The highest BCUT2D eigenvalue weighted by molar-refractivity contribution is 6.23. The molecule has 27 heavy (non-hydrogen) atoms. The summed E-state index contributed by atoms with van der Waals surface area (Å²) < 4.78 is 40.5. The number of pyridine rings is 1. The molecule has 1 N–H and O–H groups in total. The number of halogens is 3. The maximum absolute atomic E-state index is 14.4. The predicted octanol–water partition coefficient (Wildman–Crippen LogP) is 2.44. The van der Waals surface area contributed by atoms with Gasteiger partial charge in [-0.1, -0.05) is 19.9 Å². The van der Waals surface area contributed by atoms with Gasteiger partial charge < -0.3 is 10.2 Å². The molecular weight excluding hydrogens is 359 g/mol. The molecule has 4 rings (SSSR count). The van der Waals surface area contributed by atoms with Crippen molar-refractivity contribution in [2.24, 2.45) is 5.92 Å². The summed E-state index contributed by atoms with van der Waals surface area (Å²) in [5, 5.41) is 2.62. The zero-order valence-corrected chi connectivity index (χ0v) is 15.1. The Morgan fingerprint density at radius 2 is 2.07 bits per heavy atom. The number of rotatable bonds is 4. The topological polar surface area (TPSA) is 62.3 Å². The van der Waals surface area contributed by atoms with Gasteiger partial charge in [-0.2, -0.15) is 0 Å². The van der Waals surface area contributed by atoms with E-state index in [9.17, 15) is 22.8 Å². The lowest BCUT2D eigenvalue weighted by Crippen LogP contribution is -2.58. The fourth-order valence-electron chi connectivity index (χ4n) is 4.17. The number of aromatic nitrogens is 1. The molecule has 0 unspecified atom stereocenters. The average molecular weight is 379 g/mol. The largest absolute Gasteiger partial charge is 0.351 e. The molecular formula is C19H20F3N3O2. The molecule has 1 fully saturated rings. The minimum Gasteiger partial charge on any atom is -0.351 e. The minimum atomic E-state index is -2.74. The lowest BCUT2D eigenvalue weighted by atomic mass is 9.87. The van der Waals surface area contributed by atoms with Crippen LogP contribution in [0.15, 0.2) is 12.3 Å². The summed E-state index contributed by atoms with van der Waals surface area (Å²) in [6.07, 6.45) is 2.51. The summed E-state index contributed by atoms with van der Waals surface area (Å²) in [7, 11) is 0. The van der Waals surface area contributed by atoms with Crippen LogP contribution in [0, 0.1) is 11.7 Å². The van der Waals surface area contributed by atoms with Gasteiger partial charge >= 0.3 is 0 Å². The van der Waals surface area contributed by atoms with E-state index < -0.39 is 42.6 Å². The third-order valence-electron chi connectivity index (χ3n) is 5.47. The van der Waals surface area contributed by atoms with Gasteiger partial charge in [-0.25, -0.2) is 13.2 Å². The number of carbonyl (C=O) groups excluding carboxylic acids is 2. The van der Waals surface area contributed by atoms with E-state index in [1.807, 2.05) is 0 Å². The summed E-state index contributed by atoms with van der Waals surface area (Å²) in [5.41, 5.74) is 1.93. The van der Waals surface area contributed by atoms with Gasteiger partial charge in [0.15, 0.2) is 0 Å². The number of amides is 2. The Kier molecular flexibility index (Phi) is 4.05. The zero-order valence-electron chi connectivity index (χ0n) is 15.1. The Bertz CT molecular complexity index is 858. The fourth-order valence-corrected chi connectivity index (χ4v) is 4.17. The van der Waals surface area contributed by atoms with Crippen molar-refractivity contribution in [3.05, 3.63) is 34.9 Å². The van der Waals surface area contributed by atoms with E-state index in [0.717, 1.165) is 6.20 Å². The van der Waals surface area contributed by atoms with Crippen LogP contribution in [0.2, 0.25) is 0 Å². The molecule has 1 atom stereocenters. The van der Waals surface area contributed by atoms with Gasteiger partial charge in [-0.3, -0.25) is 14.6 Å². The van der Waals surface area contributed by atoms with Crippen LogP contribution >= 0.6 is 0 Å². The molecule has 0 saturated heterocycles. The molecule has 1 saturated carbocycles. The van der Waals surface area contributed by atoms with Crippen molar-refractivity contribution in [2.45, 2.75) is 57.7 Å². The number of alkyl halides is 2. The number of carbonyl (C=O) groups is 2. The molecule has 3 aliphatic rings. The first-order valence-corrected chi connectivity index (χ1v) is 9.04. The van der Waals surface area contributed by atoms with E-state index >= 15 is 0 Å². The van der Waals surface area contributed by atoms with Crippen molar-refractivity contribution in [1.29, 1.82) is 0 Å². The van der Waals surface area contributed by atoms with Gasteiger partial charge in [0.25, 0.3) is 11.8 Å². The first-order valence-electron chi connectivity index (χ1n) is 9.04. The van der Waals surface area contributed by atoms with Crippen molar-refractivity contribution < 1.29 is 22.8 Å².